The number of rotatable bonds is 6. The molecule has 2 atom stereocenters. The van der Waals surface area contributed by atoms with Gasteiger partial charge >= 0.3 is 5.97 Å². The number of carbonyl (C=O) groups excluding carboxylic acids is 2. The minimum absolute atomic E-state index is 0.0432. The smallest absolute Gasteiger partial charge is 0.326 e. The normalized spacial score (nSPS) is 20.7. The van der Waals surface area contributed by atoms with Crippen molar-refractivity contribution in [2.45, 2.75) is 39.7 Å². The molecule has 0 saturated carbocycles. The van der Waals surface area contributed by atoms with Crippen molar-refractivity contribution in [1.29, 1.82) is 0 Å². The van der Waals surface area contributed by atoms with E-state index in [1.54, 1.807) is 4.90 Å². The van der Waals surface area contributed by atoms with Gasteiger partial charge in [-0.25, -0.2) is 4.79 Å². The van der Waals surface area contributed by atoms with Gasteiger partial charge in [0.05, 0.1) is 5.92 Å². The highest BCUT2D eigenvalue weighted by molar-refractivity contribution is 5.91. The van der Waals surface area contributed by atoms with Crippen LogP contribution in [0.2, 0.25) is 0 Å². The third-order valence-corrected chi connectivity index (χ3v) is 3.29. The van der Waals surface area contributed by atoms with E-state index in [1.807, 2.05) is 20.8 Å². The largest absolute Gasteiger partial charge is 0.480 e. The Labute approximate surface area is 113 Å². The molecule has 2 N–H and O–H groups in total. The molecule has 1 aliphatic rings. The molecule has 0 aromatic rings. The third kappa shape index (κ3) is 4.22. The van der Waals surface area contributed by atoms with Crippen LogP contribution in [0.4, 0.5) is 0 Å². The van der Waals surface area contributed by atoms with E-state index in [0.717, 1.165) is 0 Å². The summed E-state index contributed by atoms with van der Waals surface area (Å²) in [7, 11) is 0. The minimum atomic E-state index is -1.03. The zero-order chi connectivity index (χ0) is 14.6. The van der Waals surface area contributed by atoms with Crippen LogP contribution in [0.25, 0.3) is 0 Å². The van der Waals surface area contributed by atoms with Crippen LogP contribution in [-0.4, -0.2) is 46.9 Å². The molecular weight excluding hydrogens is 248 g/mol. The summed E-state index contributed by atoms with van der Waals surface area (Å²) in [6.07, 6.45) is 0.562. The predicted molar refractivity (Wildman–Crippen MR) is 69.4 cm³/mol. The molecule has 0 bridgehead atoms. The number of aliphatic carboxylic acids is 1. The van der Waals surface area contributed by atoms with Crippen LogP contribution in [0, 0.1) is 11.8 Å². The fourth-order valence-corrected chi connectivity index (χ4v) is 2.24. The Kier molecular flexibility index (Phi) is 5.32. The second-order valence-electron chi connectivity index (χ2n) is 5.36. The zero-order valence-electron chi connectivity index (χ0n) is 11.7. The number of likely N-dealkylation sites (tertiary alicyclic amines) is 1. The van der Waals surface area contributed by atoms with Gasteiger partial charge in [-0.1, -0.05) is 13.8 Å². The number of nitrogens with one attached hydrogen (secondary N) is 1. The van der Waals surface area contributed by atoms with Crippen molar-refractivity contribution in [3.05, 3.63) is 0 Å². The first-order chi connectivity index (χ1) is 8.85. The highest BCUT2D eigenvalue weighted by atomic mass is 16.4. The van der Waals surface area contributed by atoms with E-state index in [9.17, 15) is 14.4 Å². The summed E-state index contributed by atoms with van der Waals surface area (Å²) in [5.74, 6) is -1.66. The predicted octanol–water partition coefficient (Wildman–Crippen LogP) is 0.470. The zero-order valence-corrected chi connectivity index (χ0v) is 11.7. The van der Waals surface area contributed by atoms with Gasteiger partial charge in [-0.15, -0.1) is 0 Å². The van der Waals surface area contributed by atoms with Crippen molar-refractivity contribution in [1.82, 2.24) is 10.2 Å². The van der Waals surface area contributed by atoms with Crippen LogP contribution < -0.4 is 5.32 Å². The first-order valence-electron chi connectivity index (χ1n) is 6.66. The number of amides is 2. The standard InChI is InChI=1S/C13H22N2O4/c1-4-15-7-9(6-11(15)16)12(17)14-10(13(18)19)5-8(2)3/h8-10H,4-7H2,1-3H3,(H,14,17)(H,18,19)/t9?,10-/m1/s1. The van der Waals surface area contributed by atoms with Crippen LogP contribution >= 0.6 is 0 Å². The van der Waals surface area contributed by atoms with Crippen molar-refractivity contribution in [3.8, 4) is 0 Å². The van der Waals surface area contributed by atoms with Crippen molar-refractivity contribution in [2.75, 3.05) is 13.1 Å². The molecule has 2 amide bonds. The fourth-order valence-electron chi connectivity index (χ4n) is 2.24. The number of carbonyl (C=O) groups is 3. The van der Waals surface area contributed by atoms with Gasteiger partial charge in [-0.05, 0) is 19.3 Å². The van der Waals surface area contributed by atoms with E-state index in [0.29, 0.717) is 19.5 Å². The molecule has 0 aromatic heterocycles. The first kappa shape index (κ1) is 15.5. The summed E-state index contributed by atoms with van der Waals surface area (Å²) >= 11 is 0. The molecule has 0 spiro atoms. The van der Waals surface area contributed by atoms with Gasteiger partial charge in [0.1, 0.15) is 6.04 Å². The SMILES string of the molecule is CCN1CC(C(=O)N[C@H](CC(C)C)C(=O)O)CC1=O. The van der Waals surface area contributed by atoms with Crippen molar-refractivity contribution in [2.24, 2.45) is 11.8 Å². The Morgan fingerprint density at radius 2 is 2.11 bits per heavy atom. The van der Waals surface area contributed by atoms with Crippen LogP contribution in [0.3, 0.4) is 0 Å². The molecule has 1 heterocycles. The monoisotopic (exact) mass is 270 g/mol. The molecule has 6 nitrogen and oxygen atoms in total. The number of hydrogen-bond donors (Lipinski definition) is 2. The summed E-state index contributed by atoms with van der Waals surface area (Å²) in [6.45, 7) is 6.63. The van der Waals surface area contributed by atoms with Gasteiger partial charge in [0.25, 0.3) is 0 Å². The number of hydrogen-bond acceptors (Lipinski definition) is 3. The Morgan fingerprint density at radius 3 is 2.53 bits per heavy atom. The number of carboxylic acid groups (broad SMARTS) is 1. The highest BCUT2D eigenvalue weighted by Crippen LogP contribution is 2.18. The highest BCUT2D eigenvalue weighted by Gasteiger charge is 2.35. The lowest BCUT2D eigenvalue weighted by Gasteiger charge is -2.19. The Bertz CT molecular complexity index is 368. The van der Waals surface area contributed by atoms with Gasteiger partial charge in [-0.2, -0.15) is 0 Å². The van der Waals surface area contributed by atoms with Crippen LogP contribution in [0.1, 0.15) is 33.6 Å². The summed E-state index contributed by atoms with van der Waals surface area (Å²) in [4.78, 5) is 36.2. The summed E-state index contributed by atoms with van der Waals surface area (Å²) in [5, 5.41) is 11.6. The minimum Gasteiger partial charge on any atom is -0.480 e. The second kappa shape index (κ2) is 6.54. The fraction of sp³-hybridized carbons (Fsp3) is 0.769. The average Bonchev–Trinajstić information content (AvgIpc) is 2.69. The molecule has 19 heavy (non-hydrogen) atoms. The molecule has 1 rings (SSSR count). The van der Waals surface area contributed by atoms with Crippen molar-refractivity contribution >= 4 is 17.8 Å². The van der Waals surface area contributed by atoms with E-state index in [-0.39, 0.29) is 24.2 Å². The molecule has 0 aliphatic carbocycles. The van der Waals surface area contributed by atoms with Gasteiger partial charge in [0.2, 0.25) is 11.8 Å². The quantitative estimate of drug-likeness (QED) is 0.734. The van der Waals surface area contributed by atoms with Crippen LogP contribution in [0.15, 0.2) is 0 Å². The summed E-state index contributed by atoms with van der Waals surface area (Å²) in [6, 6.07) is -0.877. The Hall–Kier alpha value is -1.59. The molecular formula is C13H22N2O4. The van der Waals surface area contributed by atoms with E-state index in [2.05, 4.69) is 5.32 Å². The van der Waals surface area contributed by atoms with E-state index >= 15 is 0 Å². The van der Waals surface area contributed by atoms with E-state index in [4.69, 9.17) is 5.11 Å². The van der Waals surface area contributed by atoms with Gasteiger partial charge in [0.15, 0.2) is 0 Å². The molecule has 1 saturated heterocycles. The lowest BCUT2D eigenvalue weighted by molar-refractivity contribution is -0.142. The van der Waals surface area contributed by atoms with Gasteiger partial charge in [-0.3, -0.25) is 9.59 Å². The molecule has 6 heteroatoms. The van der Waals surface area contributed by atoms with Gasteiger partial charge in [0, 0.05) is 19.5 Å². The van der Waals surface area contributed by atoms with Crippen molar-refractivity contribution in [3.63, 3.8) is 0 Å². The number of carboxylic acids is 1. The molecule has 0 radical (unpaired) electrons. The molecule has 108 valence electrons. The molecule has 1 fully saturated rings. The number of nitrogens with zero attached hydrogens (tertiary/aromatic N) is 1. The van der Waals surface area contributed by atoms with Crippen LogP contribution in [0.5, 0.6) is 0 Å². The Balaban J connectivity index is 2.58. The summed E-state index contributed by atoms with van der Waals surface area (Å²) in [5.41, 5.74) is 0. The van der Waals surface area contributed by atoms with Crippen LogP contribution in [-0.2, 0) is 14.4 Å². The average molecular weight is 270 g/mol. The maximum absolute atomic E-state index is 12.0. The van der Waals surface area contributed by atoms with Gasteiger partial charge < -0.3 is 15.3 Å². The Morgan fingerprint density at radius 1 is 1.47 bits per heavy atom. The van der Waals surface area contributed by atoms with Crippen molar-refractivity contribution < 1.29 is 19.5 Å². The first-order valence-corrected chi connectivity index (χ1v) is 6.66. The lowest BCUT2D eigenvalue weighted by atomic mass is 10.0. The maximum atomic E-state index is 12.0. The topological polar surface area (TPSA) is 86.7 Å². The van der Waals surface area contributed by atoms with E-state index in [1.165, 1.54) is 0 Å². The molecule has 0 aromatic carbocycles. The lowest BCUT2D eigenvalue weighted by Crippen LogP contribution is -2.44. The third-order valence-electron chi connectivity index (χ3n) is 3.29. The molecule has 1 unspecified atom stereocenters. The summed E-state index contributed by atoms with van der Waals surface area (Å²) < 4.78 is 0. The second-order valence-corrected chi connectivity index (χ2v) is 5.36. The maximum Gasteiger partial charge on any atom is 0.326 e. The van der Waals surface area contributed by atoms with E-state index < -0.39 is 17.9 Å². The molecule has 1 aliphatic heterocycles.